The maximum absolute atomic E-state index is 14.0. The van der Waals surface area contributed by atoms with E-state index in [0.29, 0.717) is 45.6 Å². The van der Waals surface area contributed by atoms with Crippen LogP contribution in [0.25, 0.3) is 89.4 Å². The molecule has 10 rings (SSSR count). The van der Waals surface area contributed by atoms with Crippen LogP contribution in [-0.4, -0.2) is 29.9 Å². The molecule has 0 radical (unpaired) electrons. The topological polar surface area (TPSA) is 77.3 Å². The van der Waals surface area contributed by atoms with Gasteiger partial charge in [-0.2, -0.15) is 39.5 Å². The normalized spacial score (nSPS) is 14.4. The van der Waals surface area contributed by atoms with Crippen LogP contribution < -0.4 is 0 Å². The van der Waals surface area contributed by atoms with Crippen molar-refractivity contribution in [1.29, 1.82) is 0 Å². The van der Waals surface area contributed by atoms with Crippen LogP contribution in [0.3, 0.4) is 0 Å². The van der Waals surface area contributed by atoms with Gasteiger partial charge in [0.15, 0.2) is 0 Å². The molecule has 0 amide bonds. The van der Waals surface area contributed by atoms with E-state index in [4.69, 9.17) is 29.9 Å². The molecule has 1 atom stereocenters. The number of fused-ring (bicyclic) bond motifs is 3. The molecule has 0 unspecified atom stereocenters. The SMILES string of the molecule is FC(F)(F)c1ccc2nc(-c3cc(-c4nc5ccc(C(F)(F)F)cc5nc4-c4ccccc4)cc(-c4nc5ccc(C(F)(F)F)cc5nc4[C@H]4C=CC=CC4)c3)c(-c3ccccc3)nc2c1. The van der Waals surface area contributed by atoms with Gasteiger partial charge in [0.2, 0.25) is 0 Å². The van der Waals surface area contributed by atoms with Gasteiger partial charge in [0.05, 0.1) is 84.0 Å². The predicted octanol–water partition coefficient (Wildman–Crippen LogP) is 14.5. The van der Waals surface area contributed by atoms with E-state index in [1.807, 2.05) is 18.2 Å². The van der Waals surface area contributed by atoms with Crippen molar-refractivity contribution in [3.05, 3.63) is 180 Å². The van der Waals surface area contributed by atoms with E-state index in [-0.39, 0.29) is 55.9 Å². The van der Waals surface area contributed by atoms with Gasteiger partial charge in [-0.25, -0.2) is 29.9 Å². The highest BCUT2D eigenvalue weighted by Gasteiger charge is 2.34. The number of rotatable bonds is 6. The van der Waals surface area contributed by atoms with Gasteiger partial charge in [-0.1, -0.05) is 85.0 Å². The van der Waals surface area contributed by atoms with E-state index in [1.165, 1.54) is 18.2 Å². The molecule has 66 heavy (non-hydrogen) atoms. The Morgan fingerprint density at radius 2 is 0.712 bits per heavy atom. The second-order valence-electron chi connectivity index (χ2n) is 15.6. The number of hydrogen-bond donors (Lipinski definition) is 0. The van der Waals surface area contributed by atoms with Crippen molar-refractivity contribution in [2.45, 2.75) is 30.9 Å². The molecule has 15 heteroatoms. The molecule has 0 N–H and O–H groups in total. The van der Waals surface area contributed by atoms with Crippen molar-refractivity contribution in [2.24, 2.45) is 0 Å². The monoisotopic (exact) mass is 896 g/mol. The molecule has 0 aliphatic heterocycles. The molecule has 6 nitrogen and oxygen atoms in total. The Labute approximate surface area is 368 Å². The van der Waals surface area contributed by atoms with E-state index < -0.39 is 41.1 Å². The average Bonchev–Trinajstić information content (AvgIpc) is 3.32. The number of benzene rings is 6. The average molecular weight is 897 g/mol. The molecular weight excluding hydrogens is 868 g/mol. The standard InChI is InChI=1S/C51H29F9N6/c52-49(53,54)34-16-19-37-40(25-34)64-43(28-10-4-1-5-11-28)46(61-37)31-22-32(47-44(29-12-6-2-7-13-29)65-41-26-35(50(55,56)57)17-20-38(41)62-47)24-33(23-31)48-45(30-14-8-3-9-15-30)66-42-27-36(51(58,59)60)18-21-39(42)63-48/h1-14,16-27,30H,15H2/t30-/m0/s1. The summed E-state index contributed by atoms with van der Waals surface area (Å²) in [7, 11) is 0. The number of allylic oxidation sites excluding steroid dienone is 4. The molecule has 0 saturated carbocycles. The molecule has 0 fully saturated rings. The molecule has 0 spiro atoms. The molecular formula is C51H29F9N6. The van der Waals surface area contributed by atoms with E-state index in [2.05, 4.69) is 0 Å². The van der Waals surface area contributed by atoms with Crippen LogP contribution in [0.1, 0.15) is 34.7 Å². The van der Waals surface area contributed by atoms with Crippen LogP contribution >= 0.6 is 0 Å². The first-order valence-corrected chi connectivity index (χ1v) is 20.3. The molecule has 3 aromatic heterocycles. The highest BCUT2D eigenvalue weighted by atomic mass is 19.4. The predicted molar refractivity (Wildman–Crippen MR) is 234 cm³/mol. The highest BCUT2D eigenvalue weighted by Crippen LogP contribution is 2.43. The fourth-order valence-corrected chi connectivity index (χ4v) is 7.99. The van der Waals surface area contributed by atoms with Crippen molar-refractivity contribution < 1.29 is 39.5 Å². The lowest BCUT2D eigenvalue weighted by molar-refractivity contribution is -0.138. The number of aromatic nitrogens is 6. The van der Waals surface area contributed by atoms with Crippen molar-refractivity contribution >= 4 is 33.1 Å². The van der Waals surface area contributed by atoms with Crippen LogP contribution in [0.15, 0.2) is 158 Å². The van der Waals surface area contributed by atoms with Crippen LogP contribution in [0.2, 0.25) is 0 Å². The summed E-state index contributed by atoms with van der Waals surface area (Å²) in [4.78, 5) is 29.2. The Kier molecular flexibility index (Phi) is 10.2. The van der Waals surface area contributed by atoms with Crippen molar-refractivity contribution in [3.63, 3.8) is 0 Å². The van der Waals surface area contributed by atoms with Crippen LogP contribution in [0, 0.1) is 0 Å². The van der Waals surface area contributed by atoms with E-state index in [1.54, 1.807) is 84.9 Å². The minimum atomic E-state index is -4.66. The van der Waals surface area contributed by atoms with E-state index in [9.17, 15) is 39.5 Å². The maximum atomic E-state index is 14.0. The molecule has 1 aliphatic carbocycles. The highest BCUT2D eigenvalue weighted by molar-refractivity contribution is 5.93. The molecule has 6 aromatic carbocycles. The summed E-state index contributed by atoms with van der Waals surface area (Å²) < 4.78 is 126. The van der Waals surface area contributed by atoms with Gasteiger partial charge in [0.25, 0.3) is 0 Å². The summed E-state index contributed by atoms with van der Waals surface area (Å²) in [5, 5.41) is 0. The summed E-state index contributed by atoms with van der Waals surface area (Å²) in [6.07, 6.45) is -6.12. The quantitative estimate of drug-likeness (QED) is 0.155. The first-order valence-electron chi connectivity index (χ1n) is 20.3. The van der Waals surface area contributed by atoms with Gasteiger partial charge in [-0.15, -0.1) is 0 Å². The first-order chi connectivity index (χ1) is 31.6. The smallest absolute Gasteiger partial charge is 0.248 e. The van der Waals surface area contributed by atoms with Crippen molar-refractivity contribution in [1.82, 2.24) is 29.9 Å². The summed E-state index contributed by atoms with van der Waals surface area (Å²) in [6, 6.07) is 31.9. The third kappa shape index (κ3) is 8.12. The first kappa shape index (κ1) is 42.2. The zero-order chi connectivity index (χ0) is 46.0. The van der Waals surface area contributed by atoms with Gasteiger partial charge in [0.1, 0.15) is 0 Å². The summed E-state index contributed by atoms with van der Waals surface area (Å²) in [6.45, 7) is 0. The lowest BCUT2D eigenvalue weighted by Gasteiger charge is -2.20. The van der Waals surface area contributed by atoms with Gasteiger partial charge in [0, 0.05) is 33.7 Å². The van der Waals surface area contributed by atoms with E-state index in [0.717, 1.165) is 36.4 Å². The molecule has 326 valence electrons. The lowest BCUT2D eigenvalue weighted by atomic mass is 9.90. The summed E-state index contributed by atoms with van der Waals surface area (Å²) in [5.74, 6) is -0.435. The molecule has 0 saturated heterocycles. The van der Waals surface area contributed by atoms with Crippen molar-refractivity contribution in [3.8, 4) is 56.3 Å². The van der Waals surface area contributed by atoms with Gasteiger partial charge < -0.3 is 0 Å². The summed E-state index contributed by atoms with van der Waals surface area (Å²) >= 11 is 0. The van der Waals surface area contributed by atoms with Crippen LogP contribution in [-0.2, 0) is 18.5 Å². The maximum Gasteiger partial charge on any atom is 0.416 e. The fourth-order valence-electron chi connectivity index (χ4n) is 7.99. The second kappa shape index (κ2) is 16.0. The number of hydrogen-bond acceptors (Lipinski definition) is 6. The van der Waals surface area contributed by atoms with E-state index >= 15 is 0 Å². The third-order valence-corrected chi connectivity index (χ3v) is 11.2. The number of halogens is 9. The molecule has 3 heterocycles. The van der Waals surface area contributed by atoms with Crippen LogP contribution in [0.4, 0.5) is 39.5 Å². The Bertz CT molecular complexity index is 3260. The van der Waals surface area contributed by atoms with Gasteiger partial charge in [-0.3, -0.25) is 0 Å². The lowest BCUT2D eigenvalue weighted by Crippen LogP contribution is -2.08. The molecule has 1 aliphatic rings. The fraction of sp³-hybridized carbons (Fsp3) is 0.0980. The summed E-state index contributed by atoms with van der Waals surface area (Å²) in [5.41, 5.74) is 1.47. The molecule has 9 aromatic rings. The minimum Gasteiger partial charge on any atom is -0.248 e. The molecule has 0 bridgehead atoms. The van der Waals surface area contributed by atoms with Crippen molar-refractivity contribution in [2.75, 3.05) is 0 Å². The largest absolute Gasteiger partial charge is 0.416 e. The number of nitrogens with zero attached hydrogens (tertiary/aromatic N) is 6. The minimum absolute atomic E-state index is 0.0119. The number of alkyl halides is 9. The zero-order valence-corrected chi connectivity index (χ0v) is 33.9. The Morgan fingerprint density at radius 3 is 1.11 bits per heavy atom. The van der Waals surface area contributed by atoms with Gasteiger partial charge >= 0.3 is 18.5 Å². The Balaban J connectivity index is 1.30. The third-order valence-electron chi connectivity index (χ3n) is 11.2. The second-order valence-corrected chi connectivity index (χ2v) is 15.6. The zero-order valence-electron chi connectivity index (χ0n) is 33.9. The van der Waals surface area contributed by atoms with Gasteiger partial charge in [-0.05, 0) is 79.2 Å². The Hall–Kier alpha value is -7.81. The van der Waals surface area contributed by atoms with Crippen LogP contribution in [0.5, 0.6) is 0 Å². The Morgan fingerprint density at radius 1 is 0.348 bits per heavy atom.